The maximum atomic E-state index is 12.3. The second-order valence-electron chi connectivity index (χ2n) is 7.75. The number of thioether (sulfide) groups is 1. The second kappa shape index (κ2) is 14.1. The van der Waals surface area contributed by atoms with E-state index >= 15 is 0 Å². The Kier molecular flexibility index (Phi) is 12.6. The number of ether oxygens (including phenoxy) is 4. The van der Waals surface area contributed by atoms with Crippen molar-refractivity contribution in [3.63, 3.8) is 0 Å². The number of hydrogen-bond donors (Lipinski definition) is 0. The van der Waals surface area contributed by atoms with Crippen molar-refractivity contribution >= 4 is 29.4 Å². The number of carbonyl (C=O) groups excluding carboxylic acids is 3. The number of carbonyl (C=O) groups is 3. The van der Waals surface area contributed by atoms with Gasteiger partial charge in [0.1, 0.15) is 6.61 Å². The van der Waals surface area contributed by atoms with Crippen LogP contribution in [0.1, 0.15) is 40.5 Å². The minimum Gasteiger partial charge on any atom is -0.379 e. The number of Topliss-reactive ketones (excluding diaryl/α,β-unsaturated/α-hetero) is 1. The van der Waals surface area contributed by atoms with E-state index in [0.717, 1.165) is 6.42 Å². The Hall–Kier alpha value is -1.00. The third-order valence-electron chi connectivity index (χ3n) is 3.95. The van der Waals surface area contributed by atoms with Gasteiger partial charge in [-0.15, -0.1) is 11.8 Å². The molecule has 1 aliphatic rings. The Morgan fingerprint density at radius 3 is 2.03 bits per heavy atom. The van der Waals surface area contributed by atoms with Crippen molar-refractivity contribution in [2.45, 2.75) is 51.3 Å². The third-order valence-corrected chi connectivity index (χ3v) is 5.12. The van der Waals surface area contributed by atoms with Crippen LogP contribution in [0.4, 0.5) is 0 Å². The lowest BCUT2D eigenvalue weighted by molar-refractivity contribution is -0.143. The molecule has 0 aromatic carbocycles. The normalized spacial score (nSPS) is 17.4. The highest BCUT2D eigenvalue weighted by Crippen LogP contribution is 2.30. The van der Waals surface area contributed by atoms with Gasteiger partial charge in [-0.25, -0.2) is 0 Å². The first-order chi connectivity index (χ1) is 13.7. The standard InChI is InChI=1S/C20H35NO7S/c1-16(22)15-28-11-10-26-7-5-6-25-8-9-27-12-13-29-17-14-18(23)21(19(17)24)20(2,3)4/h17H,5-15H2,1-4H3. The SMILES string of the molecule is CC(=O)COCCOCCCOCCOCCSC1CC(=O)N(C(C)(C)C)C1=O. The summed E-state index contributed by atoms with van der Waals surface area (Å²) < 4.78 is 21.4. The zero-order chi connectivity index (χ0) is 21.7. The molecule has 1 aliphatic heterocycles. The van der Waals surface area contributed by atoms with Crippen LogP contribution in [-0.2, 0) is 33.3 Å². The van der Waals surface area contributed by atoms with Gasteiger partial charge >= 0.3 is 0 Å². The van der Waals surface area contributed by atoms with Gasteiger partial charge in [0.25, 0.3) is 0 Å². The minimum atomic E-state index is -0.467. The number of imide groups is 1. The number of hydrogen-bond acceptors (Lipinski definition) is 8. The predicted octanol–water partition coefficient (Wildman–Crippen LogP) is 1.69. The Balaban J connectivity index is 1.90. The summed E-state index contributed by atoms with van der Waals surface area (Å²) in [6, 6.07) is 0. The van der Waals surface area contributed by atoms with Crippen molar-refractivity contribution in [3.05, 3.63) is 0 Å². The molecule has 0 N–H and O–H groups in total. The van der Waals surface area contributed by atoms with Crippen LogP contribution in [0, 0.1) is 0 Å². The Morgan fingerprint density at radius 1 is 0.966 bits per heavy atom. The molecule has 0 radical (unpaired) electrons. The summed E-state index contributed by atoms with van der Waals surface area (Å²) >= 11 is 1.48. The lowest BCUT2D eigenvalue weighted by Gasteiger charge is -2.30. The van der Waals surface area contributed by atoms with Gasteiger partial charge in [-0.05, 0) is 34.1 Å². The van der Waals surface area contributed by atoms with E-state index in [0.29, 0.717) is 52.0 Å². The Labute approximate surface area is 177 Å². The molecule has 29 heavy (non-hydrogen) atoms. The van der Waals surface area contributed by atoms with E-state index in [1.165, 1.54) is 23.6 Å². The molecule has 0 aromatic heterocycles. The van der Waals surface area contributed by atoms with Crippen molar-refractivity contribution in [1.29, 1.82) is 0 Å². The summed E-state index contributed by atoms with van der Waals surface area (Å²) in [5.74, 6) is 0.486. The quantitative estimate of drug-likeness (QED) is 0.268. The highest BCUT2D eigenvalue weighted by atomic mass is 32.2. The summed E-state index contributed by atoms with van der Waals surface area (Å²) in [6.45, 7) is 10.8. The highest BCUT2D eigenvalue weighted by Gasteiger charge is 2.43. The molecule has 1 rings (SSSR count). The Bertz CT molecular complexity index is 521. The molecule has 2 amide bonds. The van der Waals surface area contributed by atoms with Crippen LogP contribution < -0.4 is 0 Å². The third kappa shape index (κ3) is 11.1. The smallest absolute Gasteiger partial charge is 0.243 e. The van der Waals surface area contributed by atoms with Crippen LogP contribution in [0.3, 0.4) is 0 Å². The fraction of sp³-hybridized carbons (Fsp3) is 0.850. The van der Waals surface area contributed by atoms with E-state index in [9.17, 15) is 14.4 Å². The van der Waals surface area contributed by atoms with E-state index in [2.05, 4.69) is 0 Å². The van der Waals surface area contributed by atoms with Gasteiger partial charge in [0, 0.05) is 30.9 Å². The average molecular weight is 434 g/mol. The second-order valence-corrected chi connectivity index (χ2v) is 9.06. The van der Waals surface area contributed by atoms with Crippen LogP contribution in [0.15, 0.2) is 0 Å². The molecule has 9 heteroatoms. The maximum absolute atomic E-state index is 12.3. The van der Waals surface area contributed by atoms with Crippen molar-refractivity contribution in [2.75, 3.05) is 58.6 Å². The number of rotatable bonds is 16. The summed E-state index contributed by atoms with van der Waals surface area (Å²) in [6.07, 6.45) is 1.06. The molecule has 1 atom stereocenters. The summed E-state index contributed by atoms with van der Waals surface area (Å²) in [4.78, 5) is 36.4. The Morgan fingerprint density at radius 2 is 1.52 bits per heavy atom. The number of likely N-dealkylation sites (tertiary alicyclic amines) is 1. The van der Waals surface area contributed by atoms with E-state index < -0.39 is 5.54 Å². The van der Waals surface area contributed by atoms with Crippen molar-refractivity contribution < 1.29 is 33.3 Å². The number of nitrogens with zero attached hydrogens (tertiary/aromatic N) is 1. The van der Waals surface area contributed by atoms with Crippen LogP contribution in [0.5, 0.6) is 0 Å². The molecule has 1 saturated heterocycles. The predicted molar refractivity (Wildman–Crippen MR) is 111 cm³/mol. The van der Waals surface area contributed by atoms with Gasteiger partial charge in [0.15, 0.2) is 5.78 Å². The molecule has 1 unspecified atom stereocenters. The maximum Gasteiger partial charge on any atom is 0.243 e. The number of amides is 2. The first-order valence-electron chi connectivity index (χ1n) is 10.0. The van der Waals surface area contributed by atoms with E-state index in [1.54, 1.807) is 0 Å². The summed E-state index contributed by atoms with van der Waals surface area (Å²) in [7, 11) is 0. The molecule has 1 heterocycles. The molecule has 0 aliphatic carbocycles. The molecule has 0 spiro atoms. The first kappa shape index (κ1) is 26.0. The lowest BCUT2D eigenvalue weighted by Crippen LogP contribution is -2.45. The van der Waals surface area contributed by atoms with Crippen LogP contribution in [0.25, 0.3) is 0 Å². The van der Waals surface area contributed by atoms with Crippen LogP contribution in [0.2, 0.25) is 0 Å². The van der Waals surface area contributed by atoms with Gasteiger partial charge in [0.05, 0.1) is 38.3 Å². The average Bonchev–Trinajstić information content (AvgIpc) is 2.91. The molecule has 1 fully saturated rings. The van der Waals surface area contributed by atoms with E-state index in [1.807, 2.05) is 20.8 Å². The topological polar surface area (TPSA) is 91.4 Å². The van der Waals surface area contributed by atoms with Gasteiger partial charge < -0.3 is 18.9 Å². The first-order valence-corrected chi connectivity index (χ1v) is 11.1. The van der Waals surface area contributed by atoms with Gasteiger partial charge in [-0.2, -0.15) is 0 Å². The van der Waals surface area contributed by atoms with Crippen molar-refractivity contribution in [1.82, 2.24) is 4.90 Å². The van der Waals surface area contributed by atoms with Gasteiger partial charge in [-0.3, -0.25) is 19.3 Å². The molecule has 168 valence electrons. The van der Waals surface area contributed by atoms with Crippen molar-refractivity contribution in [2.24, 2.45) is 0 Å². The van der Waals surface area contributed by atoms with Gasteiger partial charge in [-0.1, -0.05) is 0 Å². The molecule has 0 aromatic rings. The number of ketones is 1. The fourth-order valence-electron chi connectivity index (χ4n) is 2.71. The molecular weight excluding hydrogens is 398 g/mol. The molecule has 0 bridgehead atoms. The monoisotopic (exact) mass is 433 g/mol. The van der Waals surface area contributed by atoms with Crippen LogP contribution >= 0.6 is 11.8 Å². The highest BCUT2D eigenvalue weighted by molar-refractivity contribution is 8.00. The van der Waals surface area contributed by atoms with Gasteiger partial charge in [0.2, 0.25) is 11.8 Å². The largest absolute Gasteiger partial charge is 0.379 e. The van der Waals surface area contributed by atoms with E-state index in [-0.39, 0.29) is 35.9 Å². The summed E-state index contributed by atoms with van der Waals surface area (Å²) in [5.41, 5.74) is -0.467. The zero-order valence-corrected chi connectivity index (χ0v) is 18.9. The van der Waals surface area contributed by atoms with Crippen molar-refractivity contribution in [3.8, 4) is 0 Å². The van der Waals surface area contributed by atoms with Crippen LogP contribution in [-0.4, -0.2) is 91.9 Å². The molecule has 8 nitrogen and oxygen atoms in total. The molecular formula is C20H35NO7S. The zero-order valence-electron chi connectivity index (χ0n) is 18.1. The lowest BCUT2D eigenvalue weighted by atomic mass is 10.1. The molecule has 0 saturated carbocycles. The van der Waals surface area contributed by atoms with E-state index in [4.69, 9.17) is 18.9 Å². The summed E-state index contributed by atoms with van der Waals surface area (Å²) in [5, 5.41) is -0.297. The fourth-order valence-corrected chi connectivity index (χ4v) is 3.72. The minimum absolute atomic E-state index is 0.00789.